The quantitative estimate of drug-likeness (QED) is 0.223. The molecule has 1 aromatic heterocycles. The minimum atomic E-state index is -0.595. The van der Waals surface area contributed by atoms with Gasteiger partial charge in [0, 0.05) is 23.9 Å². The van der Waals surface area contributed by atoms with Crippen molar-refractivity contribution in [2.24, 2.45) is 18.0 Å². The second-order valence-electron chi connectivity index (χ2n) is 11.1. The smallest absolute Gasteiger partial charge is 0.342 e. The molecule has 2 aromatic carbocycles. The van der Waals surface area contributed by atoms with Crippen LogP contribution in [0.3, 0.4) is 0 Å². The van der Waals surface area contributed by atoms with Crippen molar-refractivity contribution in [2.75, 3.05) is 11.9 Å². The molecule has 0 atom stereocenters. The Kier molecular flexibility index (Phi) is 9.78. The summed E-state index contributed by atoms with van der Waals surface area (Å²) < 4.78 is 7.16. The monoisotopic (exact) mass is 594 g/mol. The Labute approximate surface area is 257 Å². The van der Waals surface area contributed by atoms with Gasteiger partial charge in [-0.05, 0) is 67.2 Å². The fourth-order valence-electron chi connectivity index (χ4n) is 5.34. The fourth-order valence-corrected chi connectivity index (χ4v) is 5.34. The van der Waals surface area contributed by atoms with Crippen LogP contribution in [-0.4, -0.2) is 40.6 Å². The number of Topliss-reactive ketones (excluding diaryl/α,β-unsaturated/α-hetero) is 1. The normalized spacial score (nSPS) is 13.8. The zero-order valence-electron chi connectivity index (χ0n) is 26.1. The van der Waals surface area contributed by atoms with Crippen LogP contribution in [0, 0.1) is 5.92 Å². The van der Waals surface area contributed by atoms with Crippen molar-refractivity contribution in [3.05, 3.63) is 105 Å². The molecule has 0 saturated carbocycles. The SMILES string of the molecule is CCOC(=O)C1=C(C(C)C)/C(=C/c2c(C(C)C)c(C(C)=O)c(NC(=O)c3ccccc3)n2C)N=C1NC(=O)c1ccccc1. The molecule has 3 aromatic rings. The number of nitrogens with one attached hydrogen (secondary N) is 2. The van der Waals surface area contributed by atoms with Crippen molar-refractivity contribution in [2.45, 2.75) is 47.5 Å². The second kappa shape index (κ2) is 13.5. The van der Waals surface area contributed by atoms with Gasteiger partial charge < -0.3 is 19.9 Å². The van der Waals surface area contributed by atoms with Crippen molar-refractivity contribution in [1.82, 2.24) is 9.88 Å². The third-order valence-electron chi connectivity index (χ3n) is 7.29. The number of ether oxygens (including phenoxy) is 1. The minimum absolute atomic E-state index is 0.0944. The highest BCUT2D eigenvalue weighted by Gasteiger charge is 2.34. The number of carbonyl (C=O) groups excluding carboxylic acids is 4. The van der Waals surface area contributed by atoms with E-state index in [4.69, 9.17) is 9.73 Å². The summed E-state index contributed by atoms with van der Waals surface area (Å²) in [5, 5.41) is 5.75. The molecular formula is C35H38N4O5. The van der Waals surface area contributed by atoms with Crippen LogP contribution in [0.2, 0.25) is 0 Å². The Hall–Kier alpha value is -5.05. The Morgan fingerprint density at radius 3 is 1.89 bits per heavy atom. The van der Waals surface area contributed by atoms with E-state index in [0.29, 0.717) is 39.5 Å². The maximum Gasteiger partial charge on any atom is 0.342 e. The molecule has 228 valence electrons. The van der Waals surface area contributed by atoms with E-state index in [1.807, 2.05) is 39.8 Å². The van der Waals surface area contributed by atoms with Gasteiger partial charge in [-0.1, -0.05) is 64.1 Å². The zero-order chi connectivity index (χ0) is 32.1. The van der Waals surface area contributed by atoms with Crippen LogP contribution in [0.5, 0.6) is 0 Å². The number of amidine groups is 1. The van der Waals surface area contributed by atoms with Crippen LogP contribution in [0.4, 0.5) is 5.82 Å². The number of aromatic nitrogens is 1. The van der Waals surface area contributed by atoms with E-state index in [1.165, 1.54) is 6.92 Å². The minimum Gasteiger partial charge on any atom is -0.462 e. The number of benzene rings is 2. The molecule has 0 spiro atoms. The van der Waals surface area contributed by atoms with Crippen molar-refractivity contribution in [1.29, 1.82) is 0 Å². The highest BCUT2D eigenvalue weighted by Crippen LogP contribution is 2.38. The van der Waals surface area contributed by atoms with Crippen LogP contribution >= 0.6 is 0 Å². The molecule has 1 aliphatic heterocycles. The first-order valence-corrected chi connectivity index (χ1v) is 14.6. The molecule has 9 nitrogen and oxygen atoms in total. The van der Waals surface area contributed by atoms with Gasteiger partial charge in [0.15, 0.2) is 5.78 Å². The highest BCUT2D eigenvalue weighted by atomic mass is 16.5. The van der Waals surface area contributed by atoms with Gasteiger partial charge in [0.25, 0.3) is 11.8 Å². The number of amides is 2. The van der Waals surface area contributed by atoms with Crippen LogP contribution in [0.1, 0.15) is 89.8 Å². The van der Waals surface area contributed by atoms with Crippen LogP contribution in [0.15, 0.2) is 82.5 Å². The summed E-state index contributed by atoms with van der Waals surface area (Å²) in [5.41, 5.74) is 3.87. The van der Waals surface area contributed by atoms with E-state index in [9.17, 15) is 19.2 Å². The zero-order valence-corrected chi connectivity index (χ0v) is 26.1. The largest absolute Gasteiger partial charge is 0.462 e. The Morgan fingerprint density at radius 2 is 1.41 bits per heavy atom. The number of anilines is 1. The fraction of sp³-hybridized carbons (Fsp3) is 0.286. The standard InChI is InChI=1S/C35H38N4O5/c1-8-44-35(43)30-27(20(2)3)25(36-31(30)37-33(41)23-15-11-9-12-16-23)19-26-28(21(4)5)29(22(6)40)32(39(26)7)38-34(42)24-17-13-10-14-18-24/h9-21H,8H2,1-7H3,(H,38,42)(H,36,37,41)/b25-19-. The molecule has 2 amide bonds. The maximum atomic E-state index is 13.3. The van der Waals surface area contributed by atoms with Crippen molar-refractivity contribution in [3.8, 4) is 0 Å². The molecule has 2 N–H and O–H groups in total. The van der Waals surface area contributed by atoms with Gasteiger partial charge >= 0.3 is 5.97 Å². The van der Waals surface area contributed by atoms with Gasteiger partial charge in [0.2, 0.25) is 0 Å². The van der Waals surface area contributed by atoms with E-state index in [1.54, 1.807) is 73.1 Å². The van der Waals surface area contributed by atoms with E-state index < -0.39 is 11.9 Å². The summed E-state index contributed by atoms with van der Waals surface area (Å²) >= 11 is 0. The van der Waals surface area contributed by atoms with Gasteiger partial charge in [0.05, 0.1) is 17.9 Å². The van der Waals surface area contributed by atoms with Crippen LogP contribution in [-0.2, 0) is 16.6 Å². The van der Waals surface area contributed by atoms with E-state index in [2.05, 4.69) is 10.6 Å². The molecule has 44 heavy (non-hydrogen) atoms. The van der Waals surface area contributed by atoms with E-state index in [-0.39, 0.29) is 41.5 Å². The molecule has 0 aliphatic carbocycles. The number of ketones is 1. The lowest BCUT2D eigenvalue weighted by molar-refractivity contribution is -0.137. The third-order valence-corrected chi connectivity index (χ3v) is 7.29. The highest BCUT2D eigenvalue weighted by molar-refractivity contribution is 6.27. The molecule has 4 rings (SSSR count). The van der Waals surface area contributed by atoms with Gasteiger partial charge in [-0.3, -0.25) is 14.4 Å². The number of rotatable bonds is 9. The first-order chi connectivity index (χ1) is 21.0. The average molecular weight is 595 g/mol. The maximum absolute atomic E-state index is 13.3. The molecule has 9 heteroatoms. The molecule has 0 saturated heterocycles. The summed E-state index contributed by atoms with van der Waals surface area (Å²) in [4.78, 5) is 57.5. The van der Waals surface area contributed by atoms with E-state index in [0.717, 1.165) is 5.56 Å². The summed E-state index contributed by atoms with van der Waals surface area (Å²) in [5.74, 6) is -1.38. The molecule has 0 fully saturated rings. The summed E-state index contributed by atoms with van der Waals surface area (Å²) in [6.45, 7) is 11.1. The van der Waals surface area contributed by atoms with Crippen LogP contribution < -0.4 is 10.6 Å². The summed E-state index contributed by atoms with van der Waals surface area (Å²) in [7, 11) is 1.77. The second-order valence-corrected chi connectivity index (χ2v) is 11.1. The molecule has 0 unspecified atom stereocenters. The Morgan fingerprint density at radius 1 is 0.864 bits per heavy atom. The van der Waals surface area contributed by atoms with Gasteiger partial charge in [-0.15, -0.1) is 0 Å². The Bertz CT molecular complexity index is 1690. The first kappa shape index (κ1) is 31.9. The van der Waals surface area contributed by atoms with Crippen LogP contribution in [0.25, 0.3) is 6.08 Å². The molecule has 1 aliphatic rings. The lowest BCUT2D eigenvalue weighted by atomic mass is 9.93. The molecule has 0 bridgehead atoms. The van der Waals surface area contributed by atoms with Gasteiger partial charge in [0.1, 0.15) is 17.2 Å². The molecular weight excluding hydrogens is 556 g/mol. The lowest BCUT2D eigenvalue weighted by Crippen LogP contribution is -2.34. The number of carbonyl (C=O) groups is 4. The van der Waals surface area contributed by atoms with Crippen molar-refractivity contribution < 1.29 is 23.9 Å². The third kappa shape index (κ3) is 6.46. The number of hydrogen-bond acceptors (Lipinski definition) is 6. The van der Waals surface area contributed by atoms with Gasteiger partial charge in [-0.25, -0.2) is 9.79 Å². The Balaban J connectivity index is 1.91. The predicted molar refractivity (Wildman–Crippen MR) is 172 cm³/mol. The summed E-state index contributed by atoms with van der Waals surface area (Å²) in [6, 6.07) is 17.4. The molecule has 2 heterocycles. The van der Waals surface area contributed by atoms with Crippen molar-refractivity contribution in [3.63, 3.8) is 0 Å². The van der Waals surface area contributed by atoms with Gasteiger partial charge in [-0.2, -0.15) is 0 Å². The molecule has 0 radical (unpaired) electrons. The topological polar surface area (TPSA) is 119 Å². The van der Waals surface area contributed by atoms with E-state index >= 15 is 0 Å². The summed E-state index contributed by atoms with van der Waals surface area (Å²) in [6.07, 6.45) is 1.80. The number of nitrogens with zero attached hydrogens (tertiary/aromatic N) is 2. The van der Waals surface area contributed by atoms with Crippen molar-refractivity contribution >= 4 is 41.3 Å². The number of allylic oxidation sites excluding steroid dienone is 1. The lowest BCUT2D eigenvalue weighted by Gasteiger charge is -2.14. The first-order valence-electron chi connectivity index (χ1n) is 14.6. The number of aliphatic imine (C=N–C) groups is 1. The average Bonchev–Trinajstić information content (AvgIpc) is 3.49. The number of esters is 1. The predicted octanol–water partition coefficient (Wildman–Crippen LogP) is 6.30. The number of hydrogen-bond donors (Lipinski definition) is 2.